The molecule has 3 rings (SSSR count). The van der Waals surface area contributed by atoms with Crippen molar-refractivity contribution in [1.29, 1.82) is 0 Å². The number of rotatable bonds is 4. The van der Waals surface area contributed by atoms with Gasteiger partial charge in [-0.3, -0.25) is 0 Å². The molecule has 2 aromatic carbocycles. The number of hydrogen-bond acceptors (Lipinski definition) is 5. The molecule has 1 aliphatic rings. The van der Waals surface area contributed by atoms with Crippen LogP contribution < -0.4 is 0 Å². The van der Waals surface area contributed by atoms with Gasteiger partial charge in [0.25, 0.3) is 0 Å². The van der Waals surface area contributed by atoms with Crippen LogP contribution in [0.15, 0.2) is 42.5 Å². The predicted molar refractivity (Wildman–Crippen MR) is 93.7 cm³/mol. The first-order valence-electron chi connectivity index (χ1n) is 8.16. The standard InChI is InChI=1S/C19H21ClO5/c20-15-6-3-12(17-9-16(23)19(24)18(10-21)25-17)8-13(15)7-11-1-4-14(22)5-2-11/h1-6,8,16-19,21-24H,7,9-10H2/t16?,17?,18?,19-/m0/s1. The maximum atomic E-state index is 10.0. The van der Waals surface area contributed by atoms with E-state index in [4.69, 9.17) is 16.3 Å². The molecular weight excluding hydrogens is 344 g/mol. The molecule has 1 saturated heterocycles. The van der Waals surface area contributed by atoms with Gasteiger partial charge < -0.3 is 25.2 Å². The topological polar surface area (TPSA) is 90.2 Å². The number of aliphatic hydroxyl groups is 3. The van der Waals surface area contributed by atoms with Crippen LogP contribution in [-0.2, 0) is 11.2 Å². The van der Waals surface area contributed by atoms with Crippen molar-refractivity contribution in [2.24, 2.45) is 0 Å². The molecule has 1 aliphatic heterocycles. The summed E-state index contributed by atoms with van der Waals surface area (Å²) in [7, 11) is 0. The molecule has 4 atom stereocenters. The van der Waals surface area contributed by atoms with Gasteiger partial charge in [-0.05, 0) is 41.3 Å². The van der Waals surface area contributed by atoms with Crippen molar-refractivity contribution in [2.45, 2.75) is 37.3 Å². The minimum Gasteiger partial charge on any atom is -0.508 e. The Morgan fingerprint density at radius 2 is 1.80 bits per heavy atom. The number of aromatic hydroxyl groups is 1. The SMILES string of the molecule is OCC1OC(c2ccc(Cl)c(Cc3ccc(O)cc3)c2)CC(O)[C@@H]1O. The smallest absolute Gasteiger partial charge is 0.115 e. The van der Waals surface area contributed by atoms with E-state index in [-0.39, 0.29) is 18.8 Å². The second kappa shape index (κ2) is 7.72. The highest BCUT2D eigenvalue weighted by Crippen LogP contribution is 2.34. The van der Waals surface area contributed by atoms with Crippen LogP contribution in [0.25, 0.3) is 0 Å². The molecule has 0 saturated carbocycles. The van der Waals surface area contributed by atoms with E-state index in [9.17, 15) is 20.4 Å². The zero-order valence-electron chi connectivity index (χ0n) is 13.5. The Bertz CT molecular complexity index is 718. The summed E-state index contributed by atoms with van der Waals surface area (Å²) in [5.41, 5.74) is 2.74. The third-order valence-electron chi connectivity index (χ3n) is 4.52. The summed E-state index contributed by atoms with van der Waals surface area (Å²) in [6.45, 7) is -0.358. The van der Waals surface area contributed by atoms with E-state index in [1.165, 1.54) is 0 Å². The number of aliphatic hydroxyl groups excluding tert-OH is 3. The molecule has 5 nitrogen and oxygen atoms in total. The van der Waals surface area contributed by atoms with Crippen LogP contribution >= 0.6 is 11.6 Å². The number of phenolic OH excluding ortho intramolecular Hbond substituents is 1. The van der Waals surface area contributed by atoms with Gasteiger partial charge in [0, 0.05) is 11.4 Å². The Hall–Kier alpha value is -1.63. The summed E-state index contributed by atoms with van der Waals surface area (Å²) in [6.07, 6.45) is -2.44. The van der Waals surface area contributed by atoms with Crippen molar-refractivity contribution in [1.82, 2.24) is 0 Å². The van der Waals surface area contributed by atoms with E-state index in [1.807, 2.05) is 24.3 Å². The van der Waals surface area contributed by atoms with Gasteiger partial charge >= 0.3 is 0 Å². The molecule has 25 heavy (non-hydrogen) atoms. The van der Waals surface area contributed by atoms with Gasteiger partial charge in [-0.25, -0.2) is 0 Å². The highest BCUT2D eigenvalue weighted by molar-refractivity contribution is 6.31. The van der Waals surface area contributed by atoms with Crippen molar-refractivity contribution in [2.75, 3.05) is 6.61 Å². The Morgan fingerprint density at radius 1 is 1.08 bits per heavy atom. The first-order valence-corrected chi connectivity index (χ1v) is 8.54. The van der Waals surface area contributed by atoms with Gasteiger partial charge in [0.1, 0.15) is 18.0 Å². The molecular formula is C19H21ClO5. The van der Waals surface area contributed by atoms with Gasteiger partial charge in [0.15, 0.2) is 0 Å². The number of benzene rings is 2. The van der Waals surface area contributed by atoms with Crippen LogP contribution in [0.5, 0.6) is 5.75 Å². The van der Waals surface area contributed by atoms with Gasteiger partial charge in [-0.2, -0.15) is 0 Å². The molecule has 0 bridgehead atoms. The van der Waals surface area contributed by atoms with Crippen molar-refractivity contribution in [3.8, 4) is 5.75 Å². The molecule has 3 unspecified atom stereocenters. The molecule has 1 heterocycles. The molecule has 0 radical (unpaired) electrons. The number of hydrogen-bond donors (Lipinski definition) is 4. The van der Waals surface area contributed by atoms with Crippen molar-refractivity contribution < 1.29 is 25.2 Å². The van der Waals surface area contributed by atoms with Crippen LogP contribution in [0.2, 0.25) is 5.02 Å². The van der Waals surface area contributed by atoms with E-state index in [0.717, 1.165) is 16.7 Å². The zero-order chi connectivity index (χ0) is 18.0. The highest BCUT2D eigenvalue weighted by Gasteiger charge is 2.36. The van der Waals surface area contributed by atoms with E-state index in [1.54, 1.807) is 18.2 Å². The highest BCUT2D eigenvalue weighted by atomic mass is 35.5. The van der Waals surface area contributed by atoms with Crippen molar-refractivity contribution >= 4 is 11.6 Å². The summed E-state index contributed by atoms with van der Waals surface area (Å²) in [4.78, 5) is 0. The van der Waals surface area contributed by atoms with Crippen LogP contribution in [0.1, 0.15) is 29.2 Å². The van der Waals surface area contributed by atoms with Crippen LogP contribution in [-0.4, -0.2) is 45.3 Å². The minimum atomic E-state index is -1.09. The van der Waals surface area contributed by atoms with E-state index < -0.39 is 24.4 Å². The molecule has 2 aromatic rings. The molecule has 4 N–H and O–H groups in total. The quantitative estimate of drug-likeness (QED) is 0.667. The Balaban J connectivity index is 1.82. The van der Waals surface area contributed by atoms with E-state index >= 15 is 0 Å². The molecule has 6 heteroatoms. The first kappa shape index (κ1) is 18.2. The zero-order valence-corrected chi connectivity index (χ0v) is 14.3. The lowest BCUT2D eigenvalue weighted by Gasteiger charge is -2.36. The molecule has 0 amide bonds. The van der Waals surface area contributed by atoms with E-state index in [0.29, 0.717) is 11.4 Å². The average molecular weight is 365 g/mol. The largest absolute Gasteiger partial charge is 0.508 e. The minimum absolute atomic E-state index is 0.210. The fraction of sp³-hybridized carbons (Fsp3) is 0.368. The number of halogens is 1. The summed E-state index contributed by atoms with van der Waals surface area (Å²) in [5.74, 6) is 0.210. The molecule has 0 spiro atoms. The third-order valence-corrected chi connectivity index (χ3v) is 4.89. The summed E-state index contributed by atoms with van der Waals surface area (Å²) < 4.78 is 5.73. The summed E-state index contributed by atoms with van der Waals surface area (Å²) in [6, 6.07) is 12.4. The Labute approximate surface area is 151 Å². The molecule has 1 fully saturated rings. The van der Waals surface area contributed by atoms with Crippen LogP contribution in [0.3, 0.4) is 0 Å². The molecule has 0 aliphatic carbocycles. The fourth-order valence-electron chi connectivity index (χ4n) is 3.08. The lowest BCUT2D eigenvalue weighted by atomic mass is 9.92. The summed E-state index contributed by atoms with van der Waals surface area (Å²) >= 11 is 6.30. The lowest BCUT2D eigenvalue weighted by Crippen LogP contribution is -2.47. The predicted octanol–water partition coefficient (Wildman–Crippen LogP) is 2.18. The molecule has 0 aromatic heterocycles. The van der Waals surface area contributed by atoms with E-state index in [2.05, 4.69) is 0 Å². The third kappa shape index (κ3) is 4.14. The van der Waals surface area contributed by atoms with Gasteiger partial charge in [0.2, 0.25) is 0 Å². The normalized spacial score (nSPS) is 26.6. The first-order chi connectivity index (χ1) is 12.0. The maximum Gasteiger partial charge on any atom is 0.115 e. The van der Waals surface area contributed by atoms with Crippen LogP contribution in [0.4, 0.5) is 0 Å². The second-order valence-corrected chi connectivity index (χ2v) is 6.74. The lowest BCUT2D eigenvalue weighted by molar-refractivity contribution is -0.181. The molecule has 134 valence electrons. The Kier molecular flexibility index (Phi) is 5.61. The van der Waals surface area contributed by atoms with Gasteiger partial charge in [-0.1, -0.05) is 35.9 Å². The Morgan fingerprint density at radius 3 is 2.48 bits per heavy atom. The monoisotopic (exact) mass is 364 g/mol. The van der Waals surface area contributed by atoms with Crippen LogP contribution in [0, 0.1) is 0 Å². The second-order valence-electron chi connectivity index (χ2n) is 6.33. The number of phenols is 1. The van der Waals surface area contributed by atoms with Gasteiger partial charge in [0.05, 0.1) is 18.8 Å². The fourth-order valence-corrected chi connectivity index (χ4v) is 3.27. The summed E-state index contributed by atoms with van der Waals surface area (Å²) in [5, 5.41) is 39.2. The van der Waals surface area contributed by atoms with Crippen molar-refractivity contribution in [3.05, 3.63) is 64.2 Å². The van der Waals surface area contributed by atoms with Gasteiger partial charge in [-0.15, -0.1) is 0 Å². The number of ether oxygens (including phenoxy) is 1. The van der Waals surface area contributed by atoms with Crippen molar-refractivity contribution in [3.63, 3.8) is 0 Å². The average Bonchev–Trinajstić information content (AvgIpc) is 2.61. The maximum absolute atomic E-state index is 10.0.